The van der Waals surface area contributed by atoms with E-state index in [-0.39, 0.29) is 12.4 Å². The molecule has 2 aromatic carbocycles. The zero-order valence-corrected chi connectivity index (χ0v) is 17.1. The van der Waals surface area contributed by atoms with Crippen molar-refractivity contribution in [3.8, 4) is 5.75 Å². The van der Waals surface area contributed by atoms with Gasteiger partial charge in [0.1, 0.15) is 24.3 Å². The first-order valence-corrected chi connectivity index (χ1v) is 10.2. The fourth-order valence-corrected chi connectivity index (χ4v) is 3.62. The Morgan fingerprint density at radius 1 is 1.14 bits per heavy atom. The summed E-state index contributed by atoms with van der Waals surface area (Å²) in [7, 11) is 0. The van der Waals surface area contributed by atoms with Crippen molar-refractivity contribution in [3.05, 3.63) is 63.9 Å². The van der Waals surface area contributed by atoms with Gasteiger partial charge in [-0.15, -0.1) is 0 Å². The molecule has 0 aliphatic carbocycles. The van der Waals surface area contributed by atoms with Crippen molar-refractivity contribution in [2.75, 3.05) is 26.2 Å². The minimum Gasteiger partial charge on any atom is -0.491 e. The quantitative estimate of drug-likeness (QED) is 0.665. The van der Waals surface area contributed by atoms with E-state index in [2.05, 4.69) is 10.2 Å². The molecule has 28 heavy (non-hydrogen) atoms. The van der Waals surface area contributed by atoms with Crippen LogP contribution in [0.15, 0.2) is 42.5 Å². The molecule has 152 valence electrons. The van der Waals surface area contributed by atoms with Gasteiger partial charge in [-0.25, -0.2) is 4.39 Å². The lowest BCUT2D eigenvalue weighted by Crippen LogP contribution is -2.45. The van der Waals surface area contributed by atoms with Crippen molar-refractivity contribution in [1.29, 1.82) is 0 Å². The maximum Gasteiger partial charge on any atom is 0.126 e. The third-order valence-corrected chi connectivity index (χ3v) is 5.60. The average molecular weight is 427 g/mol. The number of halogens is 3. The number of benzene rings is 2. The molecule has 1 heterocycles. The van der Waals surface area contributed by atoms with Crippen LogP contribution in [0.5, 0.6) is 5.75 Å². The Hall–Kier alpha value is -1.37. The Morgan fingerprint density at radius 3 is 2.64 bits per heavy atom. The molecule has 1 atom stereocenters. The molecule has 7 heteroatoms. The Kier molecular flexibility index (Phi) is 7.94. The summed E-state index contributed by atoms with van der Waals surface area (Å²) in [4.78, 5) is 2.39. The number of aliphatic hydroxyl groups excluding tert-OH is 1. The molecule has 0 amide bonds. The van der Waals surface area contributed by atoms with Crippen molar-refractivity contribution in [2.45, 2.75) is 31.5 Å². The normalized spacial score (nSPS) is 16.9. The van der Waals surface area contributed by atoms with Crippen LogP contribution >= 0.6 is 23.2 Å². The first-order chi connectivity index (χ1) is 13.5. The van der Waals surface area contributed by atoms with Gasteiger partial charge in [-0.2, -0.15) is 0 Å². The van der Waals surface area contributed by atoms with Crippen molar-refractivity contribution in [1.82, 2.24) is 10.2 Å². The third-order valence-electron chi connectivity index (χ3n) is 4.86. The van der Waals surface area contributed by atoms with E-state index in [1.54, 1.807) is 12.1 Å². The summed E-state index contributed by atoms with van der Waals surface area (Å²) in [5.74, 6) is 0.0763. The van der Waals surface area contributed by atoms with Gasteiger partial charge in [-0.1, -0.05) is 35.3 Å². The number of hydrogen-bond acceptors (Lipinski definition) is 4. The van der Waals surface area contributed by atoms with Gasteiger partial charge < -0.3 is 15.2 Å². The summed E-state index contributed by atoms with van der Waals surface area (Å²) in [5, 5.41) is 14.7. The SMILES string of the molecule is OC(CNC1CCN(Cc2ccc(Cl)c(Cl)c2)CC1)COc1cccc(F)c1. The summed E-state index contributed by atoms with van der Waals surface area (Å²) in [6, 6.07) is 12.1. The van der Waals surface area contributed by atoms with Crippen LogP contribution in [0.3, 0.4) is 0 Å². The molecule has 1 unspecified atom stereocenters. The fourth-order valence-electron chi connectivity index (χ4n) is 3.30. The van der Waals surface area contributed by atoms with Crippen LogP contribution < -0.4 is 10.1 Å². The second kappa shape index (κ2) is 10.4. The van der Waals surface area contributed by atoms with Gasteiger partial charge >= 0.3 is 0 Å². The average Bonchev–Trinajstić information content (AvgIpc) is 2.69. The van der Waals surface area contributed by atoms with E-state index in [1.165, 1.54) is 12.1 Å². The molecular weight excluding hydrogens is 402 g/mol. The second-order valence-electron chi connectivity index (χ2n) is 7.13. The summed E-state index contributed by atoms with van der Waals surface area (Å²) < 4.78 is 18.5. The molecule has 2 N–H and O–H groups in total. The van der Waals surface area contributed by atoms with Crippen molar-refractivity contribution in [2.24, 2.45) is 0 Å². The standard InChI is InChI=1S/C21H25Cl2FN2O2/c22-20-5-4-15(10-21(20)23)13-26-8-6-17(7-9-26)25-12-18(27)14-28-19-3-1-2-16(24)11-19/h1-5,10-11,17-18,25,27H,6-9,12-14H2. The predicted octanol–water partition coefficient (Wildman–Crippen LogP) is 4.13. The van der Waals surface area contributed by atoms with Crippen LogP contribution in [-0.4, -0.2) is 48.4 Å². The third kappa shape index (κ3) is 6.61. The molecule has 2 aromatic rings. The van der Waals surface area contributed by atoms with Gasteiger partial charge in [0.25, 0.3) is 0 Å². The van der Waals surface area contributed by atoms with Crippen molar-refractivity contribution >= 4 is 23.2 Å². The fraction of sp³-hybridized carbons (Fsp3) is 0.429. The first kappa shape index (κ1) is 21.3. The van der Waals surface area contributed by atoms with Crippen LogP contribution in [0.2, 0.25) is 10.0 Å². The largest absolute Gasteiger partial charge is 0.491 e. The number of nitrogens with zero attached hydrogens (tertiary/aromatic N) is 1. The zero-order chi connectivity index (χ0) is 19.9. The highest BCUT2D eigenvalue weighted by Crippen LogP contribution is 2.24. The highest BCUT2D eigenvalue weighted by atomic mass is 35.5. The van der Waals surface area contributed by atoms with Gasteiger partial charge in [0.15, 0.2) is 0 Å². The van der Waals surface area contributed by atoms with Crippen molar-refractivity contribution in [3.63, 3.8) is 0 Å². The predicted molar refractivity (Wildman–Crippen MR) is 111 cm³/mol. The summed E-state index contributed by atoms with van der Waals surface area (Å²) >= 11 is 12.1. The highest BCUT2D eigenvalue weighted by Gasteiger charge is 2.20. The number of ether oxygens (including phenoxy) is 1. The molecule has 0 aromatic heterocycles. The number of rotatable bonds is 8. The van der Waals surface area contributed by atoms with Gasteiger partial charge in [0.2, 0.25) is 0 Å². The molecule has 1 saturated heterocycles. The summed E-state index contributed by atoms with van der Waals surface area (Å²) in [6.07, 6.45) is 1.38. The Bertz CT molecular complexity index is 770. The molecule has 0 radical (unpaired) electrons. The van der Waals surface area contributed by atoms with E-state index in [0.717, 1.165) is 38.0 Å². The summed E-state index contributed by atoms with van der Waals surface area (Å²) in [5.41, 5.74) is 1.16. The molecule has 0 saturated carbocycles. The lowest BCUT2D eigenvalue weighted by atomic mass is 10.0. The molecular formula is C21H25Cl2FN2O2. The monoisotopic (exact) mass is 426 g/mol. The maximum atomic E-state index is 13.1. The van der Waals surface area contributed by atoms with Crippen LogP contribution in [-0.2, 0) is 6.54 Å². The van der Waals surface area contributed by atoms with E-state index in [4.69, 9.17) is 27.9 Å². The van der Waals surface area contributed by atoms with E-state index in [0.29, 0.717) is 28.4 Å². The molecule has 1 aliphatic heterocycles. The van der Waals surface area contributed by atoms with Gasteiger partial charge in [-0.05, 0) is 55.8 Å². The lowest BCUT2D eigenvalue weighted by molar-refractivity contribution is 0.0978. The van der Waals surface area contributed by atoms with Gasteiger partial charge in [-0.3, -0.25) is 4.90 Å². The van der Waals surface area contributed by atoms with Gasteiger partial charge in [0.05, 0.1) is 10.0 Å². The molecule has 0 bridgehead atoms. The van der Waals surface area contributed by atoms with Crippen LogP contribution in [0.25, 0.3) is 0 Å². The van der Waals surface area contributed by atoms with E-state index < -0.39 is 6.10 Å². The maximum absolute atomic E-state index is 13.1. The van der Waals surface area contributed by atoms with Gasteiger partial charge in [0, 0.05) is 25.2 Å². The lowest BCUT2D eigenvalue weighted by Gasteiger charge is -2.33. The Morgan fingerprint density at radius 2 is 1.93 bits per heavy atom. The minimum atomic E-state index is -0.641. The topological polar surface area (TPSA) is 44.7 Å². The molecule has 1 fully saturated rings. The summed E-state index contributed by atoms with van der Waals surface area (Å²) in [6.45, 7) is 3.40. The first-order valence-electron chi connectivity index (χ1n) is 9.45. The highest BCUT2D eigenvalue weighted by molar-refractivity contribution is 6.42. The minimum absolute atomic E-state index is 0.132. The smallest absolute Gasteiger partial charge is 0.126 e. The van der Waals surface area contributed by atoms with E-state index in [1.807, 2.05) is 18.2 Å². The number of nitrogens with one attached hydrogen (secondary N) is 1. The van der Waals surface area contributed by atoms with E-state index >= 15 is 0 Å². The van der Waals surface area contributed by atoms with Crippen molar-refractivity contribution < 1.29 is 14.2 Å². The van der Waals surface area contributed by atoms with Crippen LogP contribution in [0.1, 0.15) is 18.4 Å². The number of likely N-dealkylation sites (tertiary alicyclic amines) is 1. The number of hydrogen-bond donors (Lipinski definition) is 2. The molecule has 1 aliphatic rings. The number of piperidine rings is 1. The number of aliphatic hydroxyl groups is 1. The molecule has 0 spiro atoms. The molecule has 4 nitrogen and oxygen atoms in total. The van der Waals surface area contributed by atoms with Crippen LogP contribution in [0, 0.1) is 5.82 Å². The Balaban J connectivity index is 1.34. The van der Waals surface area contributed by atoms with Crippen LogP contribution in [0.4, 0.5) is 4.39 Å². The molecule has 3 rings (SSSR count). The van der Waals surface area contributed by atoms with E-state index in [9.17, 15) is 9.50 Å². The second-order valence-corrected chi connectivity index (χ2v) is 7.94. The Labute approximate surface area is 175 Å². The zero-order valence-electron chi connectivity index (χ0n) is 15.6.